The first-order chi connectivity index (χ1) is 9.67. The van der Waals surface area contributed by atoms with E-state index in [1.807, 2.05) is 12.1 Å². The van der Waals surface area contributed by atoms with Gasteiger partial charge < -0.3 is 10.1 Å². The molecule has 0 aliphatic rings. The van der Waals surface area contributed by atoms with Gasteiger partial charge >= 0.3 is 0 Å². The monoisotopic (exact) mass is 331 g/mol. The molecule has 0 amide bonds. The van der Waals surface area contributed by atoms with Gasteiger partial charge in [0.1, 0.15) is 12.4 Å². The minimum atomic E-state index is 0.537. The number of halogens is 1. The molecule has 0 spiro atoms. The number of hydrogen-bond donors (Lipinski definition) is 1. The van der Waals surface area contributed by atoms with Gasteiger partial charge in [-0.25, -0.2) is 0 Å². The Morgan fingerprint density at radius 3 is 2.60 bits per heavy atom. The molecule has 2 aromatic rings. The van der Waals surface area contributed by atoms with Crippen LogP contribution in [0.2, 0.25) is 0 Å². The third kappa shape index (κ3) is 4.42. The van der Waals surface area contributed by atoms with Crippen molar-refractivity contribution in [1.82, 2.24) is 0 Å². The van der Waals surface area contributed by atoms with Crippen LogP contribution in [0.25, 0.3) is 0 Å². The first-order valence-electron chi connectivity index (χ1n) is 6.51. The zero-order chi connectivity index (χ0) is 14.4. The molecular formula is C17H18BrNO. The van der Waals surface area contributed by atoms with Crippen molar-refractivity contribution >= 4 is 21.6 Å². The zero-order valence-corrected chi connectivity index (χ0v) is 13.1. The number of rotatable bonds is 6. The number of benzene rings is 2. The van der Waals surface area contributed by atoms with Gasteiger partial charge in [0.05, 0.1) is 0 Å². The van der Waals surface area contributed by atoms with Crippen molar-refractivity contribution < 1.29 is 4.74 Å². The molecule has 0 radical (unpaired) electrons. The van der Waals surface area contributed by atoms with E-state index in [4.69, 9.17) is 4.74 Å². The molecule has 3 heteroatoms. The maximum Gasteiger partial charge on any atom is 0.119 e. The highest BCUT2D eigenvalue weighted by Gasteiger charge is 1.98. The van der Waals surface area contributed by atoms with Gasteiger partial charge in [0.2, 0.25) is 0 Å². The molecule has 0 aromatic heterocycles. The summed E-state index contributed by atoms with van der Waals surface area (Å²) in [7, 11) is 0. The highest BCUT2D eigenvalue weighted by molar-refractivity contribution is 9.10. The number of nitrogens with one attached hydrogen (secondary N) is 1. The molecule has 2 aromatic carbocycles. The van der Waals surface area contributed by atoms with E-state index in [2.05, 4.69) is 65.1 Å². The quantitative estimate of drug-likeness (QED) is 0.757. The van der Waals surface area contributed by atoms with Gasteiger partial charge in [0, 0.05) is 16.7 Å². The Balaban J connectivity index is 1.94. The summed E-state index contributed by atoms with van der Waals surface area (Å²) in [4.78, 5) is 0. The summed E-state index contributed by atoms with van der Waals surface area (Å²) in [5.41, 5.74) is 3.56. The second kappa shape index (κ2) is 7.15. The second-order valence-electron chi connectivity index (χ2n) is 4.61. The van der Waals surface area contributed by atoms with Gasteiger partial charge in [-0.1, -0.05) is 40.7 Å². The van der Waals surface area contributed by atoms with E-state index in [9.17, 15) is 0 Å². The van der Waals surface area contributed by atoms with E-state index < -0.39 is 0 Å². The molecule has 0 saturated carbocycles. The molecule has 0 aliphatic carbocycles. The van der Waals surface area contributed by atoms with Crippen molar-refractivity contribution in [3.8, 4) is 5.75 Å². The maximum absolute atomic E-state index is 5.46. The molecule has 0 saturated heterocycles. The molecular weight excluding hydrogens is 314 g/mol. The fourth-order valence-corrected chi connectivity index (χ4v) is 2.51. The van der Waals surface area contributed by atoms with Crippen molar-refractivity contribution in [2.45, 2.75) is 13.5 Å². The van der Waals surface area contributed by atoms with Gasteiger partial charge in [0.25, 0.3) is 0 Å². The largest absolute Gasteiger partial charge is 0.490 e. The number of ether oxygens (including phenoxy) is 1. The molecule has 1 N–H and O–H groups in total. The third-order valence-electron chi connectivity index (χ3n) is 2.83. The van der Waals surface area contributed by atoms with Gasteiger partial charge in [-0.15, -0.1) is 0 Å². The minimum absolute atomic E-state index is 0.537. The summed E-state index contributed by atoms with van der Waals surface area (Å²) in [6, 6.07) is 14.4. The Bertz CT molecular complexity index is 558. The first kappa shape index (κ1) is 14.7. The van der Waals surface area contributed by atoms with Crippen LogP contribution in [0, 0.1) is 6.92 Å². The lowest BCUT2D eigenvalue weighted by atomic mass is 10.2. The fraction of sp³-hybridized carbons (Fsp3) is 0.176. The topological polar surface area (TPSA) is 21.3 Å². The lowest BCUT2D eigenvalue weighted by Crippen LogP contribution is -2.00. The van der Waals surface area contributed by atoms with Crippen molar-refractivity contribution in [3.05, 3.63) is 70.7 Å². The van der Waals surface area contributed by atoms with E-state index in [1.165, 1.54) is 11.1 Å². The Labute approximate surface area is 128 Å². The van der Waals surface area contributed by atoms with Crippen LogP contribution < -0.4 is 10.1 Å². The molecule has 0 fully saturated rings. The van der Waals surface area contributed by atoms with Crippen LogP contribution in [-0.2, 0) is 6.54 Å². The Kier molecular flexibility index (Phi) is 5.24. The van der Waals surface area contributed by atoms with Crippen LogP contribution >= 0.6 is 15.9 Å². The second-order valence-corrected chi connectivity index (χ2v) is 5.53. The van der Waals surface area contributed by atoms with Gasteiger partial charge in [-0.3, -0.25) is 0 Å². The summed E-state index contributed by atoms with van der Waals surface area (Å²) in [5, 5.41) is 3.42. The average Bonchev–Trinajstić information content (AvgIpc) is 2.43. The molecule has 0 unspecified atom stereocenters. The zero-order valence-electron chi connectivity index (χ0n) is 11.5. The molecule has 0 aliphatic heterocycles. The molecule has 20 heavy (non-hydrogen) atoms. The number of aryl methyl sites for hydroxylation is 1. The molecule has 0 atom stereocenters. The Morgan fingerprint density at radius 1 is 1.20 bits per heavy atom. The van der Waals surface area contributed by atoms with Gasteiger partial charge in [-0.05, 0) is 48.4 Å². The summed E-state index contributed by atoms with van der Waals surface area (Å²) in [6.45, 7) is 7.04. The predicted molar refractivity (Wildman–Crippen MR) is 88.3 cm³/mol. The van der Waals surface area contributed by atoms with Crippen LogP contribution in [0.4, 0.5) is 5.69 Å². The highest BCUT2D eigenvalue weighted by atomic mass is 79.9. The summed E-state index contributed by atoms with van der Waals surface area (Å²) in [5.74, 6) is 0.868. The van der Waals surface area contributed by atoms with Crippen LogP contribution in [0.1, 0.15) is 11.1 Å². The fourth-order valence-electron chi connectivity index (χ4n) is 1.90. The first-order valence-corrected chi connectivity index (χ1v) is 7.30. The maximum atomic E-state index is 5.46. The van der Waals surface area contributed by atoms with Crippen LogP contribution in [-0.4, -0.2) is 6.61 Å². The lowest BCUT2D eigenvalue weighted by Gasteiger charge is -2.09. The van der Waals surface area contributed by atoms with E-state index in [-0.39, 0.29) is 0 Å². The molecule has 2 rings (SSSR count). The summed E-state index contributed by atoms with van der Waals surface area (Å²) >= 11 is 3.51. The van der Waals surface area contributed by atoms with Crippen LogP contribution in [0.3, 0.4) is 0 Å². The van der Waals surface area contributed by atoms with E-state index >= 15 is 0 Å². The standard InChI is InChI=1S/C17H18BrNO/c1-3-8-20-17-6-4-14(5-7-17)12-19-16-10-13(2)9-15(18)11-16/h3-7,9-11,19H,1,8,12H2,2H3. The van der Waals surface area contributed by atoms with Crippen LogP contribution in [0.5, 0.6) is 5.75 Å². The van der Waals surface area contributed by atoms with E-state index in [1.54, 1.807) is 6.08 Å². The van der Waals surface area contributed by atoms with Crippen LogP contribution in [0.15, 0.2) is 59.6 Å². The third-order valence-corrected chi connectivity index (χ3v) is 3.29. The Morgan fingerprint density at radius 2 is 1.95 bits per heavy atom. The summed E-state index contributed by atoms with van der Waals surface area (Å²) in [6.07, 6.45) is 1.74. The molecule has 0 heterocycles. The van der Waals surface area contributed by atoms with Gasteiger partial charge in [-0.2, -0.15) is 0 Å². The van der Waals surface area contributed by atoms with E-state index in [0.29, 0.717) is 6.61 Å². The SMILES string of the molecule is C=CCOc1ccc(CNc2cc(C)cc(Br)c2)cc1. The van der Waals surface area contributed by atoms with Crippen molar-refractivity contribution in [1.29, 1.82) is 0 Å². The van der Waals surface area contributed by atoms with Crippen molar-refractivity contribution in [2.75, 3.05) is 11.9 Å². The lowest BCUT2D eigenvalue weighted by molar-refractivity contribution is 0.363. The number of hydrogen-bond acceptors (Lipinski definition) is 2. The Hall–Kier alpha value is -1.74. The minimum Gasteiger partial charge on any atom is -0.490 e. The molecule has 104 valence electrons. The molecule has 0 bridgehead atoms. The van der Waals surface area contributed by atoms with Gasteiger partial charge in [0.15, 0.2) is 0 Å². The highest BCUT2D eigenvalue weighted by Crippen LogP contribution is 2.20. The normalized spacial score (nSPS) is 10.1. The van der Waals surface area contributed by atoms with E-state index in [0.717, 1.165) is 22.5 Å². The number of anilines is 1. The smallest absolute Gasteiger partial charge is 0.119 e. The summed E-state index contributed by atoms with van der Waals surface area (Å²) < 4.78 is 6.55. The predicted octanol–water partition coefficient (Wildman–Crippen LogP) is 4.93. The molecule has 2 nitrogen and oxygen atoms in total. The van der Waals surface area contributed by atoms with Crippen molar-refractivity contribution in [2.24, 2.45) is 0 Å². The average molecular weight is 332 g/mol. The van der Waals surface area contributed by atoms with Crippen molar-refractivity contribution in [3.63, 3.8) is 0 Å².